The van der Waals surface area contributed by atoms with E-state index in [1.165, 1.54) is 7.11 Å². The lowest BCUT2D eigenvalue weighted by Gasteiger charge is -2.09. The summed E-state index contributed by atoms with van der Waals surface area (Å²) in [6, 6.07) is 6.05. The number of halogens is 1. The number of methoxy groups -OCH3 is 1. The maximum absolute atomic E-state index is 11.2. The van der Waals surface area contributed by atoms with Crippen molar-refractivity contribution in [3.63, 3.8) is 0 Å². The molecule has 1 atom stereocenters. The number of benzene rings is 1. The number of hydrogen-bond donors (Lipinski definition) is 2. The summed E-state index contributed by atoms with van der Waals surface area (Å²) in [6.07, 6.45) is 0. The van der Waals surface area contributed by atoms with Crippen molar-refractivity contribution in [3.8, 4) is 0 Å². The number of nitrogens with two attached hydrogens (primary N) is 1. The van der Waals surface area contributed by atoms with Gasteiger partial charge < -0.3 is 15.8 Å². The molecule has 0 spiro atoms. The van der Waals surface area contributed by atoms with Gasteiger partial charge in [0.25, 0.3) is 0 Å². The second-order valence-electron chi connectivity index (χ2n) is 4.65. The van der Waals surface area contributed by atoms with E-state index in [2.05, 4.69) is 21.1 Å². The third-order valence-electron chi connectivity index (χ3n) is 2.63. The van der Waals surface area contributed by atoms with Gasteiger partial charge in [-0.05, 0) is 37.1 Å². The van der Waals surface area contributed by atoms with Crippen molar-refractivity contribution in [2.24, 2.45) is 16.6 Å². The number of rotatable bonds is 4. The molecule has 0 amide bonds. The number of ether oxygens (including phenoxy) is 1. The highest BCUT2D eigenvalue weighted by Crippen LogP contribution is 2.13. The number of anilines is 1. The number of carbonyl (C=O) groups is 1. The molecule has 0 heterocycles. The third-order valence-corrected chi connectivity index (χ3v) is 2.63. The molecule has 0 aliphatic carbocycles. The Hall–Kier alpha value is -1.31. The van der Waals surface area contributed by atoms with E-state index in [9.17, 15) is 4.79 Å². The zero-order valence-corrected chi connectivity index (χ0v) is 14.6. The van der Waals surface area contributed by atoms with Crippen molar-refractivity contribution in [1.29, 1.82) is 0 Å². The van der Waals surface area contributed by atoms with Gasteiger partial charge in [0.15, 0.2) is 5.96 Å². The van der Waals surface area contributed by atoms with Crippen LogP contribution in [0.2, 0.25) is 0 Å². The van der Waals surface area contributed by atoms with E-state index in [1.807, 2.05) is 26.0 Å². The molecule has 0 fully saturated rings. The fraction of sp³-hybridized carbons (Fsp3) is 0.429. The molecule has 5 nitrogen and oxygen atoms in total. The average molecular weight is 391 g/mol. The number of nitrogens with zero attached hydrogens (tertiary/aromatic N) is 1. The van der Waals surface area contributed by atoms with Crippen LogP contribution in [-0.2, 0) is 9.53 Å². The summed E-state index contributed by atoms with van der Waals surface area (Å²) in [5, 5.41) is 3.01. The summed E-state index contributed by atoms with van der Waals surface area (Å²) < 4.78 is 4.62. The van der Waals surface area contributed by atoms with Crippen LogP contribution in [0.5, 0.6) is 0 Å². The monoisotopic (exact) mass is 391 g/mol. The molecule has 0 aliphatic heterocycles. The number of hydrogen-bond acceptors (Lipinski definition) is 3. The van der Waals surface area contributed by atoms with Crippen molar-refractivity contribution >= 4 is 41.6 Å². The van der Waals surface area contributed by atoms with Crippen molar-refractivity contribution in [1.82, 2.24) is 0 Å². The molecule has 6 heteroatoms. The first-order chi connectivity index (χ1) is 8.92. The second-order valence-corrected chi connectivity index (χ2v) is 4.65. The molecule has 0 saturated carbocycles. The summed E-state index contributed by atoms with van der Waals surface area (Å²) in [6.45, 7) is 6.09. The lowest BCUT2D eigenvalue weighted by atomic mass is 10.1. The van der Waals surface area contributed by atoms with Gasteiger partial charge in [0.2, 0.25) is 0 Å². The van der Waals surface area contributed by atoms with Gasteiger partial charge in [0.05, 0.1) is 19.6 Å². The Morgan fingerprint density at radius 3 is 2.40 bits per heavy atom. The predicted molar refractivity (Wildman–Crippen MR) is 92.6 cm³/mol. The number of guanidine groups is 1. The molecule has 1 unspecified atom stereocenters. The fourth-order valence-electron chi connectivity index (χ4n) is 1.75. The molecule has 3 N–H and O–H groups in total. The predicted octanol–water partition coefficient (Wildman–Crippen LogP) is 2.46. The minimum Gasteiger partial charge on any atom is -0.469 e. The van der Waals surface area contributed by atoms with E-state index in [0.717, 1.165) is 16.8 Å². The van der Waals surface area contributed by atoms with E-state index in [4.69, 9.17) is 5.73 Å². The van der Waals surface area contributed by atoms with Crippen molar-refractivity contribution < 1.29 is 9.53 Å². The van der Waals surface area contributed by atoms with Crippen LogP contribution in [0, 0.1) is 19.8 Å². The largest absolute Gasteiger partial charge is 0.469 e. The van der Waals surface area contributed by atoms with Gasteiger partial charge in [-0.1, -0.05) is 13.0 Å². The maximum Gasteiger partial charge on any atom is 0.310 e. The van der Waals surface area contributed by atoms with E-state index < -0.39 is 0 Å². The Labute approximate surface area is 137 Å². The van der Waals surface area contributed by atoms with Crippen LogP contribution in [-0.4, -0.2) is 25.6 Å². The molecule has 112 valence electrons. The number of aliphatic imine (C=N–C) groups is 1. The number of nitrogens with one attached hydrogen (secondary N) is 1. The number of carbonyl (C=O) groups excluding carboxylic acids is 1. The van der Waals surface area contributed by atoms with Crippen LogP contribution < -0.4 is 11.1 Å². The van der Waals surface area contributed by atoms with Crippen LogP contribution in [0.25, 0.3) is 0 Å². The Balaban J connectivity index is 0.00000361. The van der Waals surface area contributed by atoms with Crippen LogP contribution in [0.15, 0.2) is 23.2 Å². The first-order valence-electron chi connectivity index (χ1n) is 6.15. The zero-order valence-electron chi connectivity index (χ0n) is 12.3. The number of aryl methyl sites for hydroxylation is 2. The second kappa shape index (κ2) is 8.78. The zero-order chi connectivity index (χ0) is 14.4. The lowest BCUT2D eigenvalue weighted by molar-refractivity contribution is -0.144. The highest BCUT2D eigenvalue weighted by atomic mass is 127. The van der Waals surface area contributed by atoms with Crippen LogP contribution >= 0.6 is 24.0 Å². The minimum absolute atomic E-state index is 0. The van der Waals surface area contributed by atoms with Crippen molar-refractivity contribution in [2.45, 2.75) is 20.8 Å². The van der Waals surface area contributed by atoms with E-state index in [0.29, 0.717) is 12.5 Å². The molecule has 0 bridgehead atoms. The van der Waals surface area contributed by atoms with Gasteiger partial charge in [0.1, 0.15) is 0 Å². The molecule has 0 aromatic heterocycles. The molecule has 0 radical (unpaired) electrons. The van der Waals surface area contributed by atoms with Gasteiger partial charge >= 0.3 is 5.97 Å². The van der Waals surface area contributed by atoms with Gasteiger partial charge in [-0.3, -0.25) is 9.79 Å². The topological polar surface area (TPSA) is 76.7 Å². The van der Waals surface area contributed by atoms with Crippen LogP contribution in [0.1, 0.15) is 18.1 Å². The molecule has 0 saturated heterocycles. The van der Waals surface area contributed by atoms with Crippen LogP contribution in [0.3, 0.4) is 0 Å². The Morgan fingerprint density at radius 2 is 1.90 bits per heavy atom. The average Bonchev–Trinajstić information content (AvgIpc) is 2.33. The van der Waals surface area contributed by atoms with Crippen molar-refractivity contribution in [3.05, 3.63) is 29.3 Å². The highest BCUT2D eigenvalue weighted by Gasteiger charge is 2.12. The molecule has 1 aromatic rings. The molecular weight excluding hydrogens is 369 g/mol. The van der Waals surface area contributed by atoms with E-state index in [1.54, 1.807) is 6.92 Å². The molecule has 0 aliphatic rings. The minimum atomic E-state index is -0.301. The van der Waals surface area contributed by atoms with Crippen LogP contribution in [0.4, 0.5) is 5.69 Å². The molecule has 1 rings (SSSR count). The lowest BCUT2D eigenvalue weighted by Crippen LogP contribution is -2.25. The summed E-state index contributed by atoms with van der Waals surface area (Å²) in [7, 11) is 1.36. The van der Waals surface area contributed by atoms with E-state index in [-0.39, 0.29) is 35.9 Å². The first-order valence-corrected chi connectivity index (χ1v) is 6.15. The van der Waals surface area contributed by atoms with Gasteiger partial charge in [-0.15, -0.1) is 24.0 Å². The SMILES string of the molecule is COC(=O)C(C)CN=C(N)Nc1cc(C)cc(C)c1.I. The van der Waals surface area contributed by atoms with E-state index >= 15 is 0 Å². The molecule has 20 heavy (non-hydrogen) atoms. The normalized spacial score (nSPS) is 12.3. The third kappa shape index (κ3) is 6.23. The quantitative estimate of drug-likeness (QED) is 0.358. The summed E-state index contributed by atoms with van der Waals surface area (Å²) in [5.74, 6) is -0.298. The fourth-order valence-corrected chi connectivity index (χ4v) is 1.75. The van der Waals surface area contributed by atoms with Gasteiger partial charge in [0, 0.05) is 5.69 Å². The summed E-state index contributed by atoms with van der Waals surface area (Å²) >= 11 is 0. The van der Waals surface area contributed by atoms with Gasteiger partial charge in [-0.2, -0.15) is 0 Å². The van der Waals surface area contributed by atoms with Gasteiger partial charge in [-0.25, -0.2) is 0 Å². The maximum atomic E-state index is 11.2. The number of esters is 1. The smallest absolute Gasteiger partial charge is 0.310 e. The van der Waals surface area contributed by atoms with Crippen molar-refractivity contribution in [2.75, 3.05) is 19.0 Å². The Morgan fingerprint density at radius 1 is 1.35 bits per heavy atom. The highest BCUT2D eigenvalue weighted by molar-refractivity contribution is 14.0. The summed E-state index contributed by atoms with van der Waals surface area (Å²) in [4.78, 5) is 15.3. The first kappa shape index (κ1) is 18.7. The molecular formula is C14H22IN3O2. The standard InChI is InChI=1S/C14H21N3O2.HI/c1-9-5-10(2)7-12(6-9)17-14(15)16-8-11(3)13(18)19-4;/h5-7,11H,8H2,1-4H3,(H3,15,16,17);1H. The molecule has 1 aromatic carbocycles. The Kier molecular flexibility index (Phi) is 8.21. The summed E-state index contributed by atoms with van der Waals surface area (Å²) in [5.41, 5.74) is 8.98. The Bertz CT molecular complexity index is 469.